The summed E-state index contributed by atoms with van der Waals surface area (Å²) in [6, 6.07) is 12.4. The molecule has 0 aliphatic carbocycles. The molecule has 0 bridgehead atoms. The Balaban J connectivity index is 2.68. The van der Waals surface area contributed by atoms with Crippen LogP contribution in [0.25, 0.3) is 11.1 Å². The van der Waals surface area contributed by atoms with Crippen molar-refractivity contribution < 1.29 is 5.11 Å². The van der Waals surface area contributed by atoms with E-state index < -0.39 is 0 Å². The fourth-order valence-electron chi connectivity index (χ4n) is 2.28. The van der Waals surface area contributed by atoms with E-state index in [1.807, 2.05) is 12.1 Å². The van der Waals surface area contributed by atoms with Crippen molar-refractivity contribution in [3.05, 3.63) is 53.1 Å². The molecule has 0 fully saturated rings. The van der Waals surface area contributed by atoms with Crippen LogP contribution in [0.2, 0.25) is 0 Å². The number of phenols is 1. The first-order valence-corrected chi connectivity index (χ1v) is 7.50. The summed E-state index contributed by atoms with van der Waals surface area (Å²) >= 11 is 4.34. The van der Waals surface area contributed by atoms with Crippen molar-refractivity contribution in [1.29, 1.82) is 0 Å². The average Bonchev–Trinajstić information content (AvgIpc) is 2.37. The van der Waals surface area contributed by atoms with Gasteiger partial charge in [0.05, 0.1) is 0 Å². The number of thiol groups is 1. The van der Waals surface area contributed by atoms with Gasteiger partial charge in [0.25, 0.3) is 0 Å². The van der Waals surface area contributed by atoms with Crippen molar-refractivity contribution in [2.45, 2.75) is 38.9 Å². The van der Waals surface area contributed by atoms with Crippen LogP contribution in [0.5, 0.6) is 5.75 Å². The van der Waals surface area contributed by atoms with Gasteiger partial charge in [-0.1, -0.05) is 56.7 Å². The van der Waals surface area contributed by atoms with Gasteiger partial charge < -0.3 is 5.11 Å². The second-order valence-corrected chi connectivity index (χ2v) is 6.63. The third kappa shape index (κ3) is 3.01. The summed E-state index contributed by atoms with van der Waals surface area (Å²) in [5.74, 6) is 0.882. The zero-order valence-electron chi connectivity index (χ0n) is 12.6. The molecule has 0 aliphatic rings. The summed E-state index contributed by atoms with van der Waals surface area (Å²) in [4.78, 5) is 0. The third-order valence-electron chi connectivity index (χ3n) is 3.55. The van der Waals surface area contributed by atoms with Crippen molar-refractivity contribution >= 4 is 12.6 Å². The first-order valence-electron chi connectivity index (χ1n) is 6.87. The van der Waals surface area contributed by atoms with E-state index in [0.29, 0.717) is 11.5 Å². The summed E-state index contributed by atoms with van der Waals surface area (Å²) < 4.78 is 0. The van der Waals surface area contributed by atoms with Crippen molar-refractivity contribution in [1.82, 2.24) is 0 Å². The van der Waals surface area contributed by atoms with Crippen LogP contribution < -0.4 is 0 Å². The van der Waals surface area contributed by atoms with Crippen LogP contribution in [0.1, 0.15) is 37.5 Å². The van der Waals surface area contributed by atoms with Gasteiger partial charge in [0.2, 0.25) is 0 Å². The lowest BCUT2D eigenvalue weighted by atomic mass is 9.84. The molecule has 0 amide bonds. The lowest BCUT2D eigenvalue weighted by Crippen LogP contribution is -2.11. The van der Waals surface area contributed by atoms with Crippen LogP contribution in [0.4, 0.5) is 0 Å². The Morgan fingerprint density at radius 3 is 2.35 bits per heavy atom. The molecule has 20 heavy (non-hydrogen) atoms. The lowest BCUT2D eigenvalue weighted by Gasteiger charge is -2.22. The fraction of sp³-hybridized carbons (Fsp3) is 0.333. The van der Waals surface area contributed by atoms with Gasteiger partial charge in [0, 0.05) is 16.9 Å². The zero-order chi connectivity index (χ0) is 14.9. The summed E-state index contributed by atoms with van der Waals surface area (Å²) in [7, 11) is 0. The molecule has 0 unspecified atom stereocenters. The molecule has 2 aromatic rings. The largest absolute Gasteiger partial charge is 0.507 e. The van der Waals surface area contributed by atoms with Gasteiger partial charge in [-0.2, -0.15) is 12.6 Å². The van der Waals surface area contributed by atoms with E-state index in [2.05, 4.69) is 64.6 Å². The minimum absolute atomic E-state index is 0.0456. The Morgan fingerprint density at radius 2 is 1.80 bits per heavy atom. The molecule has 0 aliphatic heterocycles. The van der Waals surface area contributed by atoms with Gasteiger partial charge >= 0.3 is 0 Å². The second-order valence-electron chi connectivity index (χ2n) is 6.31. The van der Waals surface area contributed by atoms with Gasteiger partial charge in [0.1, 0.15) is 5.75 Å². The van der Waals surface area contributed by atoms with Gasteiger partial charge in [-0.25, -0.2) is 0 Å². The highest BCUT2D eigenvalue weighted by Crippen LogP contribution is 2.37. The van der Waals surface area contributed by atoms with E-state index in [0.717, 1.165) is 16.7 Å². The standard InChI is InChI=1S/C18H22OS/c1-12-6-5-7-13(8-12)16-10-15(18(2,3)4)9-14(11-20)17(16)19/h5-10,19-20H,11H2,1-4H3. The first-order chi connectivity index (χ1) is 9.32. The summed E-state index contributed by atoms with van der Waals surface area (Å²) in [6.45, 7) is 8.61. The molecule has 1 N–H and O–H groups in total. The first kappa shape index (κ1) is 15.0. The van der Waals surface area contributed by atoms with Crippen molar-refractivity contribution in [3.63, 3.8) is 0 Å². The highest BCUT2D eigenvalue weighted by Gasteiger charge is 2.19. The van der Waals surface area contributed by atoms with E-state index in [-0.39, 0.29) is 5.41 Å². The number of hydrogen-bond donors (Lipinski definition) is 2. The van der Waals surface area contributed by atoms with Crippen LogP contribution in [0.15, 0.2) is 36.4 Å². The highest BCUT2D eigenvalue weighted by molar-refractivity contribution is 7.79. The molecule has 2 aromatic carbocycles. The number of aromatic hydroxyl groups is 1. The van der Waals surface area contributed by atoms with E-state index in [9.17, 15) is 5.11 Å². The average molecular weight is 286 g/mol. The topological polar surface area (TPSA) is 20.2 Å². The van der Waals surface area contributed by atoms with E-state index in [4.69, 9.17) is 0 Å². The Kier molecular flexibility index (Phi) is 4.14. The SMILES string of the molecule is Cc1cccc(-c2cc(C(C)(C)C)cc(CS)c2O)c1. The van der Waals surface area contributed by atoms with Gasteiger partial charge in [-0.05, 0) is 29.5 Å². The number of aryl methyl sites for hydroxylation is 1. The maximum Gasteiger partial charge on any atom is 0.127 e. The Labute approximate surface area is 127 Å². The molecule has 2 heteroatoms. The molecular weight excluding hydrogens is 264 g/mol. The van der Waals surface area contributed by atoms with Crippen molar-refractivity contribution in [2.75, 3.05) is 0 Å². The van der Waals surface area contributed by atoms with Crippen molar-refractivity contribution in [2.24, 2.45) is 0 Å². The molecule has 106 valence electrons. The van der Waals surface area contributed by atoms with Gasteiger partial charge in [-0.15, -0.1) is 0 Å². The Bertz CT molecular complexity index is 624. The van der Waals surface area contributed by atoms with E-state index in [1.165, 1.54) is 11.1 Å². The number of phenolic OH excluding ortho intramolecular Hbond substituents is 1. The van der Waals surface area contributed by atoms with Crippen LogP contribution in [-0.4, -0.2) is 5.11 Å². The quantitative estimate of drug-likeness (QED) is 0.736. The predicted octanol–water partition coefficient (Wildman–Crippen LogP) is 5.09. The number of hydrogen-bond acceptors (Lipinski definition) is 2. The van der Waals surface area contributed by atoms with E-state index >= 15 is 0 Å². The maximum absolute atomic E-state index is 10.5. The summed E-state index contributed by atoms with van der Waals surface area (Å²) in [5, 5.41) is 10.5. The molecular formula is C18H22OS. The van der Waals surface area contributed by atoms with E-state index in [1.54, 1.807) is 0 Å². The number of rotatable bonds is 2. The second kappa shape index (κ2) is 5.53. The molecule has 1 nitrogen and oxygen atoms in total. The molecule has 0 aromatic heterocycles. The molecule has 0 radical (unpaired) electrons. The van der Waals surface area contributed by atoms with Crippen LogP contribution in [0, 0.1) is 6.92 Å². The smallest absolute Gasteiger partial charge is 0.127 e. The third-order valence-corrected chi connectivity index (χ3v) is 3.89. The van der Waals surface area contributed by atoms with Crippen LogP contribution >= 0.6 is 12.6 Å². The molecule has 0 saturated heterocycles. The summed E-state index contributed by atoms with van der Waals surface area (Å²) in [6.07, 6.45) is 0. The zero-order valence-corrected chi connectivity index (χ0v) is 13.5. The number of benzene rings is 2. The minimum Gasteiger partial charge on any atom is -0.507 e. The highest BCUT2D eigenvalue weighted by atomic mass is 32.1. The van der Waals surface area contributed by atoms with Gasteiger partial charge in [-0.3, -0.25) is 0 Å². The molecule has 0 spiro atoms. The Hall–Kier alpha value is -1.41. The molecule has 2 rings (SSSR count). The Morgan fingerprint density at radius 1 is 1.10 bits per heavy atom. The molecule has 0 saturated carbocycles. The van der Waals surface area contributed by atoms with Crippen LogP contribution in [-0.2, 0) is 11.2 Å². The molecule has 0 heterocycles. The van der Waals surface area contributed by atoms with Gasteiger partial charge in [0.15, 0.2) is 0 Å². The lowest BCUT2D eigenvalue weighted by molar-refractivity contribution is 0.471. The molecule has 0 atom stereocenters. The monoisotopic (exact) mass is 286 g/mol. The predicted molar refractivity (Wildman–Crippen MR) is 89.7 cm³/mol. The van der Waals surface area contributed by atoms with Crippen molar-refractivity contribution in [3.8, 4) is 16.9 Å². The minimum atomic E-state index is 0.0456. The summed E-state index contributed by atoms with van der Waals surface area (Å²) in [5.41, 5.74) is 5.29. The fourth-order valence-corrected chi connectivity index (χ4v) is 2.52. The normalized spacial score (nSPS) is 11.7. The van der Waals surface area contributed by atoms with Crippen LogP contribution in [0.3, 0.4) is 0 Å². The maximum atomic E-state index is 10.5.